The van der Waals surface area contributed by atoms with Gasteiger partial charge in [0.1, 0.15) is 17.2 Å². The Morgan fingerprint density at radius 3 is 2.32 bits per heavy atom. The van der Waals surface area contributed by atoms with Crippen molar-refractivity contribution in [1.82, 2.24) is 5.06 Å². The van der Waals surface area contributed by atoms with Gasteiger partial charge in [0.2, 0.25) is 0 Å². The van der Waals surface area contributed by atoms with Crippen LogP contribution < -0.4 is 4.74 Å². The molecule has 3 rings (SSSR count). The summed E-state index contributed by atoms with van der Waals surface area (Å²) in [6.07, 6.45) is 1.88. The molecule has 1 aliphatic heterocycles. The molecule has 2 aromatic carbocycles. The molecule has 0 radical (unpaired) electrons. The van der Waals surface area contributed by atoms with E-state index in [2.05, 4.69) is 4.99 Å². The van der Waals surface area contributed by atoms with Crippen LogP contribution in [0.4, 0.5) is 0 Å². The quantitative estimate of drug-likeness (QED) is 0.419. The van der Waals surface area contributed by atoms with Crippen LogP contribution in [0.5, 0.6) is 5.75 Å². The number of ether oxygens (including phenoxy) is 2. The highest BCUT2D eigenvalue weighted by Crippen LogP contribution is 2.20. The van der Waals surface area contributed by atoms with Gasteiger partial charge in [-0.2, -0.15) is 0 Å². The van der Waals surface area contributed by atoms with Crippen molar-refractivity contribution in [3.05, 3.63) is 71.4 Å². The van der Waals surface area contributed by atoms with Gasteiger partial charge in [-0.3, -0.25) is 9.59 Å². The summed E-state index contributed by atoms with van der Waals surface area (Å²) in [7, 11) is 2.99. The van der Waals surface area contributed by atoms with Crippen molar-refractivity contribution < 1.29 is 23.9 Å². The largest absolute Gasteiger partial charge is 0.497 e. The van der Waals surface area contributed by atoms with Crippen LogP contribution in [0, 0.1) is 0 Å². The molecule has 0 spiro atoms. The maximum absolute atomic E-state index is 12.7. The molecule has 0 bridgehead atoms. The van der Waals surface area contributed by atoms with Crippen LogP contribution in [0.3, 0.4) is 0 Å². The van der Waals surface area contributed by atoms with E-state index in [4.69, 9.17) is 14.3 Å². The lowest BCUT2D eigenvalue weighted by Crippen LogP contribution is -2.46. The Bertz CT molecular complexity index is 904. The lowest BCUT2D eigenvalue weighted by atomic mass is 10.1. The summed E-state index contributed by atoms with van der Waals surface area (Å²) in [5.74, 6) is -0.543. The third-order valence-electron chi connectivity index (χ3n) is 4.02. The van der Waals surface area contributed by atoms with Gasteiger partial charge in [-0.15, -0.1) is 5.06 Å². The molecule has 0 unspecified atom stereocenters. The molecule has 2 amide bonds. The van der Waals surface area contributed by atoms with Crippen molar-refractivity contribution in [2.75, 3.05) is 21.0 Å². The standard InChI is InChI=1S/C21H20N2O5/c1-26-14-28-23-20(24)18(12-15-6-4-3-5-7-15)22-19(21(23)25)13-16-8-10-17(27-2)11-9-16/h3-11,13H,12,14H2,1-2H3/b19-13-. The van der Waals surface area contributed by atoms with Gasteiger partial charge in [-0.1, -0.05) is 42.5 Å². The average Bonchev–Trinajstić information content (AvgIpc) is 2.73. The zero-order valence-corrected chi connectivity index (χ0v) is 15.6. The molecule has 28 heavy (non-hydrogen) atoms. The Morgan fingerprint density at radius 1 is 0.964 bits per heavy atom. The Morgan fingerprint density at radius 2 is 1.68 bits per heavy atom. The van der Waals surface area contributed by atoms with Crippen molar-refractivity contribution >= 4 is 23.6 Å². The van der Waals surface area contributed by atoms with Crippen LogP contribution in [0.1, 0.15) is 11.1 Å². The number of rotatable bonds is 7. The molecule has 0 saturated heterocycles. The van der Waals surface area contributed by atoms with E-state index in [0.29, 0.717) is 10.8 Å². The van der Waals surface area contributed by atoms with Crippen LogP contribution in [-0.4, -0.2) is 43.6 Å². The first-order valence-electron chi connectivity index (χ1n) is 8.60. The summed E-state index contributed by atoms with van der Waals surface area (Å²) in [4.78, 5) is 34.9. The summed E-state index contributed by atoms with van der Waals surface area (Å²) in [6.45, 7) is -0.230. The molecule has 0 fully saturated rings. The minimum absolute atomic E-state index is 0.104. The van der Waals surface area contributed by atoms with Gasteiger partial charge in [-0.25, -0.2) is 9.83 Å². The number of imide groups is 1. The van der Waals surface area contributed by atoms with Crippen molar-refractivity contribution in [2.45, 2.75) is 6.42 Å². The van der Waals surface area contributed by atoms with Gasteiger partial charge in [0.25, 0.3) is 5.91 Å². The zero-order chi connectivity index (χ0) is 19.9. The molecule has 144 valence electrons. The first-order chi connectivity index (χ1) is 13.6. The SMILES string of the molecule is COCON1C(=O)C(Cc2ccccc2)=N/C(=C\c2ccc(OC)cc2)C1=O. The minimum atomic E-state index is -0.644. The molecule has 7 heteroatoms. The van der Waals surface area contributed by atoms with E-state index < -0.39 is 11.8 Å². The van der Waals surface area contributed by atoms with Gasteiger partial charge in [0.15, 0.2) is 6.79 Å². The predicted molar refractivity (Wildman–Crippen MR) is 103 cm³/mol. The highest BCUT2D eigenvalue weighted by atomic mass is 16.8. The number of hydrogen-bond acceptors (Lipinski definition) is 6. The lowest BCUT2D eigenvalue weighted by molar-refractivity contribution is -0.213. The summed E-state index contributed by atoms with van der Waals surface area (Å²) < 4.78 is 9.97. The van der Waals surface area contributed by atoms with Gasteiger partial charge in [-0.05, 0) is 29.3 Å². The van der Waals surface area contributed by atoms with Crippen LogP contribution in [0.25, 0.3) is 6.08 Å². The number of amides is 2. The monoisotopic (exact) mass is 380 g/mol. The van der Waals surface area contributed by atoms with Gasteiger partial charge in [0, 0.05) is 13.5 Å². The second kappa shape index (κ2) is 9.07. The number of carbonyl (C=O) groups excluding carboxylic acids is 2. The Labute approximate surface area is 162 Å². The molecule has 0 saturated carbocycles. The number of hydrogen-bond donors (Lipinski definition) is 0. The number of nitrogens with zero attached hydrogens (tertiary/aromatic N) is 2. The summed E-state index contributed by atoms with van der Waals surface area (Å²) in [5, 5.41) is 0.699. The van der Waals surface area contributed by atoms with E-state index in [-0.39, 0.29) is 24.6 Å². The molecular formula is C21H20N2O5. The van der Waals surface area contributed by atoms with Crippen molar-refractivity contribution in [2.24, 2.45) is 4.99 Å². The van der Waals surface area contributed by atoms with Crippen molar-refractivity contribution in [3.8, 4) is 5.75 Å². The van der Waals surface area contributed by atoms with Crippen molar-refractivity contribution in [1.29, 1.82) is 0 Å². The van der Waals surface area contributed by atoms with E-state index >= 15 is 0 Å². The predicted octanol–water partition coefficient (Wildman–Crippen LogP) is 2.62. The van der Waals surface area contributed by atoms with Crippen molar-refractivity contribution in [3.63, 3.8) is 0 Å². The number of carbonyl (C=O) groups is 2. The zero-order valence-electron chi connectivity index (χ0n) is 15.6. The molecule has 1 aliphatic rings. The molecule has 0 aromatic heterocycles. The normalized spacial score (nSPS) is 15.7. The molecule has 0 atom stereocenters. The molecule has 7 nitrogen and oxygen atoms in total. The molecular weight excluding hydrogens is 360 g/mol. The second-order valence-electron chi connectivity index (χ2n) is 5.96. The average molecular weight is 380 g/mol. The van der Waals surface area contributed by atoms with Gasteiger partial charge < -0.3 is 9.47 Å². The number of hydroxylamine groups is 2. The van der Waals surface area contributed by atoms with Crippen LogP contribution in [0.2, 0.25) is 0 Å². The Hall–Kier alpha value is -3.29. The highest BCUT2D eigenvalue weighted by Gasteiger charge is 2.34. The fraction of sp³-hybridized carbons (Fsp3) is 0.190. The molecule has 2 aromatic rings. The second-order valence-corrected chi connectivity index (χ2v) is 5.96. The highest BCUT2D eigenvalue weighted by molar-refractivity contribution is 6.44. The van der Waals surface area contributed by atoms with E-state index in [9.17, 15) is 9.59 Å². The molecule has 0 N–H and O–H groups in total. The smallest absolute Gasteiger partial charge is 0.303 e. The Balaban J connectivity index is 1.96. The maximum atomic E-state index is 12.7. The van der Waals surface area contributed by atoms with E-state index in [0.717, 1.165) is 11.1 Å². The van der Waals surface area contributed by atoms with E-state index in [1.54, 1.807) is 37.5 Å². The first-order valence-corrected chi connectivity index (χ1v) is 8.60. The van der Waals surface area contributed by atoms with Gasteiger partial charge in [0.05, 0.1) is 7.11 Å². The summed E-state index contributed by atoms with van der Waals surface area (Å²) in [5.41, 5.74) is 1.96. The first kappa shape index (κ1) is 19.5. The third kappa shape index (κ3) is 4.51. The maximum Gasteiger partial charge on any atom is 0.303 e. The fourth-order valence-electron chi connectivity index (χ4n) is 2.63. The molecule has 0 aliphatic carbocycles. The van der Waals surface area contributed by atoms with Crippen LogP contribution >= 0.6 is 0 Å². The fourth-order valence-corrected chi connectivity index (χ4v) is 2.63. The molecule has 1 heterocycles. The topological polar surface area (TPSA) is 77.4 Å². The summed E-state index contributed by atoms with van der Waals surface area (Å²) >= 11 is 0. The Kier molecular flexibility index (Phi) is 6.31. The van der Waals surface area contributed by atoms with E-state index in [1.807, 2.05) is 30.3 Å². The third-order valence-corrected chi connectivity index (χ3v) is 4.02. The number of methoxy groups -OCH3 is 2. The number of aliphatic imine (C=N–C) groups is 1. The van der Waals surface area contributed by atoms with Crippen LogP contribution in [0.15, 0.2) is 65.3 Å². The lowest BCUT2D eigenvalue weighted by Gasteiger charge is -2.24. The number of benzene rings is 2. The summed E-state index contributed by atoms with van der Waals surface area (Å²) in [6, 6.07) is 16.6. The van der Waals surface area contributed by atoms with E-state index in [1.165, 1.54) is 7.11 Å². The minimum Gasteiger partial charge on any atom is -0.497 e. The van der Waals surface area contributed by atoms with Gasteiger partial charge >= 0.3 is 5.91 Å². The van der Waals surface area contributed by atoms with Crippen LogP contribution in [-0.2, 0) is 25.6 Å².